The molecule has 0 saturated heterocycles. The molecule has 0 aromatic carbocycles. The number of nitrogens with one attached hydrogen (secondary N) is 1. The van der Waals surface area contributed by atoms with Crippen LogP contribution in [0.15, 0.2) is 16.7 Å². The molecule has 0 radical (unpaired) electrons. The van der Waals surface area contributed by atoms with Gasteiger partial charge in [0.15, 0.2) is 0 Å². The molecule has 1 rings (SSSR count). The molecule has 0 unspecified atom stereocenters. The topological polar surface area (TPSA) is 88.4 Å². The van der Waals surface area contributed by atoms with Gasteiger partial charge < -0.3 is 10.2 Å². The second-order valence-electron chi connectivity index (χ2n) is 4.01. The van der Waals surface area contributed by atoms with Crippen LogP contribution in [0.3, 0.4) is 0 Å². The summed E-state index contributed by atoms with van der Waals surface area (Å²) in [5.41, 5.74) is -0.0535. The molecular formula is C11H15BrN4O3. The van der Waals surface area contributed by atoms with Gasteiger partial charge in [-0.05, 0) is 22.4 Å². The highest BCUT2D eigenvalue weighted by Gasteiger charge is 2.13. The summed E-state index contributed by atoms with van der Waals surface area (Å²) < 4.78 is 0.573. The van der Waals surface area contributed by atoms with Crippen molar-refractivity contribution in [1.82, 2.24) is 10.3 Å². The molecule has 0 atom stereocenters. The van der Waals surface area contributed by atoms with Crippen molar-refractivity contribution in [2.24, 2.45) is 0 Å². The Hall–Kier alpha value is -1.70. The smallest absolute Gasteiger partial charge is 0.288 e. The SMILES string of the molecule is CC(=O)NCCCN(C)c1ncc([N+](=O)[O-])cc1Br. The number of carbonyl (C=O) groups excluding carboxylic acids is 1. The van der Waals surface area contributed by atoms with Gasteiger partial charge in [0.2, 0.25) is 5.91 Å². The lowest BCUT2D eigenvalue weighted by atomic mass is 10.3. The third-order valence-corrected chi connectivity index (χ3v) is 3.01. The first-order chi connectivity index (χ1) is 8.91. The van der Waals surface area contributed by atoms with Gasteiger partial charge in [0.25, 0.3) is 5.69 Å². The van der Waals surface area contributed by atoms with Crippen LogP contribution in [0.4, 0.5) is 11.5 Å². The van der Waals surface area contributed by atoms with Crippen molar-refractivity contribution in [3.05, 3.63) is 26.9 Å². The monoisotopic (exact) mass is 330 g/mol. The average molecular weight is 331 g/mol. The predicted molar refractivity (Wildman–Crippen MR) is 75.2 cm³/mol. The van der Waals surface area contributed by atoms with E-state index in [1.807, 2.05) is 11.9 Å². The number of anilines is 1. The highest BCUT2D eigenvalue weighted by atomic mass is 79.9. The van der Waals surface area contributed by atoms with Crippen molar-refractivity contribution in [3.8, 4) is 0 Å². The molecular weight excluding hydrogens is 316 g/mol. The second-order valence-corrected chi connectivity index (χ2v) is 4.87. The van der Waals surface area contributed by atoms with Gasteiger partial charge in [0.1, 0.15) is 12.0 Å². The number of nitro groups is 1. The molecule has 1 amide bonds. The van der Waals surface area contributed by atoms with Crippen LogP contribution < -0.4 is 10.2 Å². The van der Waals surface area contributed by atoms with E-state index in [9.17, 15) is 14.9 Å². The summed E-state index contributed by atoms with van der Waals surface area (Å²) in [5.74, 6) is 0.575. The summed E-state index contributed by atoms with van der Waals surface area (Å²) in [7, 11) is 1.84. The van der Waals surface area contributed by atoms with Crippen molar-refractivity contribution in [2.45, 2.75) is 13.3 Å². The van der Waals surface area contributed by atoms with Crippen LogP contribution in [-0.4, -0.2) is 36.0 Å². The van der Waals surface area contributed by atoms with Crippen LogP contribution in [0, 0.1) is 10.1 Å². The summed E-state index contributed by atoms with van der Waals surface area (Å²) in [5, 5.41) is 13.3. The molecule has 0 aliphatic rings. The maximum Gasteiger partial charge on any atom is 0.288 e. The summed E-state index contributed by atoms with van der Waals surface area (Å²) >= 11 is 3.27. The predicted octanol–water partition coefficient (Wildman–Crippen LogP) is 1.71. The number of pyridine rings is 1. The standard InChI is InChI=1S/C11H15BrN4O3/c1-8(17)13-4-3-5-15(2)11-10(12)6-9(7-14-11)16(18)19/h6-7H,3-5H2,1-2H3,(H,13,17). The van der Waals surface area contributed by atoms with E-state index in [0.29, 0.717) is 23.4 Å². The van der Waals surface area contributed by atoms with Crippen molar-refractivity contribution in [3.63, 3.8) is 0 Å². The van der Waals surface area contributed by atoms with Gasteiger partial charge in [0, 0.05) is 33.1 Å². The first kappa shape index (κ1) is 15.4. The van der Waals surface area contributed by atoms with Crippen LogP contribution in [0.25, 0.3) is 0 Å². The van der Waals surface area contributed by atoms with Crippen LogP contribution in [0.5, 0.6) is 0 Å². The Bertz CT molecular complexity index is 481. The van der Waals surface area contributed by atoms with Gasteiger partial charge in [-0.2, -0.15) is 0 Å². The molecule has 1 heterocycles. The molecule has 7 nitrogen and oxygen atoms in total. The van der Waals surface area contributed by atoms with Crippen LogP contribution in [0.1, 0.15) is 13.3 Å². The molecule has 0 spiro atoms. The largest absolute Gasteiger partial charge is 0.359 e. The van der Waals surface area contributed by atoms with Gasteiger partial charge in [-0.15, -0.1) is 0 Å². The van der Waals surface area contributed by atoms with Crippen molar-refractivity contribution in [2.75, 3.05) is 25.0 Å². The lowest BCUT2D eigenvalue weighted by molar-refractivity contribution is -0.385. The normalized spacial score (nSPS) is 10.1. The first-order valence-corrected chi connectivity index (χ1v) is 6.46. The van der Waals surface area contributed by atoms with E-state index < -0.39 is 4.92 Å². The van der Waals surface area contributed by atoms with E-state index in [4.69, 9.17) is 0 Å². The Balaban J connectivity index is 2.59. The number of amides is 1. The van der Waals surface area contributed by atoms with E-state index in [1.54, 1.807) is 0 Å². The molecule has 0 bridgehead atoms. The maximum absolute atomic E-state index is 10.7. The zero-order valence-electron chi connectivity index (χ0n) is 10.7. The van der Waals surface area contributed by atoms with Crippen LogP contribution in [0.2, 0.25) is 0 Å². The summed E-state index contributed by atoms with van der Waals surface area (Å²) in [6.45, 7) is 2.74. The summed E-state index contributed by atoms with van der Waals surface area (Å²) in [6.07, 6.45) is 1.99. The van der Waals surface area contributed by atoms with Gasteiger partial charge >= 0.3 is 0 Å². The quantitative estimate of drug-likeness (QED) is 0.487. The number of aromatic nitrogens is 1. The molecule has 1 aromatic heterocycles. The number of halogens is 1. The third-order valence-electron chi connectivity index (χ3n) is 2.42. The maximum atomic E-state index is 10.7. The molecule has 0 saturated carbocycles. The molecule has 1 N–H and O–H groups in total. The number of rotatable bonds is 6. The molecule has 1 aromatic rings. The minimum absolute atomic E-state index is 0.0535. The highest BCUT2D eigenvalue weighted by molar-refractivity contribution is 9.10. The van der Waals surface area contributed by atoms with E-state index in [0.717, 1.165) is 6.42 Å². The Morgan fingerprint density at radius 2 is 2.32 bits per heavy atom. The lowest BCUT2D eigenvalue weighted by Gasteiger charge is -2.19. The summed E-state index contributed by atoms with van der Waals surface area (Å²) in [4.78, 5) is 26.8. The number of hydrogen-bond acceptors (Lipinski definition) is 5. The Morgan fingerprint density at radius 3 is 2.84 bits per heavy atom. The highest BCUT2D eigenvalue weighted by Crippen LogP contribution is 2.26. The van der Waals surface area contributed by atoms with Gasteiger partial charge in [-0.1, -0.05) is 0 Å². The van der Waals surface area contributed by atoms with Gasteiger partial charge in [0.05, 0.1) is 9.40 Å². The van der Waals surface area contributed by atoms with E-state index in [-0.39, 0.29) is 11.6 Å². The first-order valence-electron chi connectivity index (χ1n) is 5.67. The fraction of sp³-hybridized carbons (Fsp3) is 0.455. The Kier molecular flexibility index (Phi) is 5.68. The Morgan fingerprint density at radius 1 is 1.63 bits per heavy atom. The molecule has 8 heteroatoms. The number of nitrogens with zero attached hydrogens (tertiary/aromatic N) is 3. The van der Waals surface area contributed by atoms with Crippen molar-refractivity contribution in [1.29, 1.82) is 0 Å². The van der Waals surface area contributed by atoms with E-state index in [2.05, 4.69) is 26.2 Å². The van der Waals surface area contributed by atoms with Crippen LogP contribution >= 0.6 is 15.9 Å². The molecule has 0 aliphatic carbocycles. The minimum Gasteiger partial charge on any atom is -0.359 e. The Labute approximate surface area is 119 Å². The lowest BCUT2D eigenvalue weighted by Crippen LogP contribution is -2.26. The summed E-state index contributed by atoms with van der Waals surface area (Å²) in [6, 6.07) is 1.42. The van der Waals surface area contributed by atoms with Gasteiger partial charge in [-0.3, -0.25) is 14.9 Å². The molecule has 104 valence electrons. The number of carbonyl (C=O) groups is 1. The van der Waals surface area contributed by atoms with Crippen molar-refractivity contribution < 1.29 is 9.72 Å². The fourth-order valence-corrected chi connectivity index (χ4v) is 2.13. The van der Waals surface area contributed by atoms with E-state index in [1.165, 1.54) is 19.2 Å². The zero-order chi connectivity index (χ0) is 14.4. The third kappa shape index (κ3) is 4.82. The molecule has 0 aliphatic heterocycles. The number of hydrogen-bond donors (Lipinski definition) is 1. The average Bonchev–Trinajstić information content (AvgIpc) is 2.33. The van der Waals surface area contributed by atoms with Gasteiger partial charge in [-0.25, -0.2) is 4.98 Å². The molecule has 0 fully saturated rings. The van der Waals surface area contributed by atoms with E-state index >= 15 is 0 Å². The zero-order valence-corrected chi connectivity index (χ0v) is 12.3. The van der Waals surface area contributed by atoms with Crippen molar-refractivity contribution >= 4 is 33.3 Å². The fourth-order valence-electron chi connectivity index (χ4n) is 1.49. The minimum atomic E-state index is -0.488. The van der Waals surface area contributed by atoms with Crippen LogP contribution in [-0.2, 0) is 4.79 Å². The second kappa shape index (κ2) is 7.03. The molecule has 19 heavy (non-hydrogen) atoms.